The SMILES string of the molecule is CCCCCc1ccc(-c2ccccc2)c(F)c1CCC. The summed E-state index contributed by atoms with van der Waals surface area (Å²) >= 11 is 0. The lowest BCUT2D eigenvalue weighted by molar-refractivity contribution is 0.603. The lowest BCUT2D eigenvalue weighted by Crippen LogP contribution is -2.01. The van der Waals surface area contributed by atoms with Crippen LogP contribution in [0.4, 0.5) is 4.39 Å². The van der Waals surface area contributed by atoms with Crippen LogP contribution in [-0.4, -0.2) is 0 Å². The van der Waals surface area contributed by atoms with Gasteiger partial charge in [0, 0.05) is 5.56 Å². The standard InChI is InChI=1S/C20H25F/c1-3-5-7-11-17-14-15-19(16-12-8-6-9-13-16)20(21)18(17)10-4-2/h6,8-9,12-15H,3-5,7,10-11H2,1-2H3. The van der Waals surface area contributed by atoms with E-state index < -0.39 is 0 Å². The molecule has 2 aromatic rings. The van der Waals surface area contributed by atoms with Crippen molar-refractivity contribution in [2.45, 2.75) is 52.4 Å². The summed E-state index contributed by atoms with van der Waals surface area (Å²) in [6.45, 7) is 4.32. The molecule has 1 heteroatoms. The van der Waals surface area contributed by atoms with Crippen molar-refractivity contribution in [1.82, 2.24) is 0 Å². The number of hydrogen-bond acceptors (Lipinski definition) is 0. The highest BCUT2D eigenvalue weighted by atomic mass is 19.1. The molecule has 0 saturated carbocycles. The molecule has 0 N–H and O–H groups in total. The second-order valence-corrected chi connectivity index (χ2v) is 5.64. The Morgan fingerprint density at radius 3 is 2.24 bits per heavy atom. The molecule has 0 fully saturated rings. The Bertz CT molecular complexity index is 558. The quantitative estimate of drug-likeness (QED) is 0.533. The molecule has 2 aromatic carbocycles. The first-order valence-corrected chi connectivity index (χ1v) is 8.13. The first-order valence-electron chi connectivity index (χ1n) is 8.13. The fourth-order valence-corrected chi connectivity index (χ4v) is 2.82. The molecule has 0 atom stereocenters. The second kappa shape index (κ2) is 7.97. The van der Waals surface area contributed by atoms with Gasteiger partial charge in [-0.3, -0.25) is 0 Å². The van der Waals surface area contributed by atoms with Gasteiger partial charge in [0.25, 0.3) is 0 Å². The van der Waals surface area contributed by atoms with Crippen molar-refractivity contribution in [2.75, 3.05) is 0 Å². The number of rotatable bonds is 7. The third-order valence-corrected chi connectivity index (χ3v) is 3.97. The Kier molecular flexibility index (Phi) is 5.98. The molecular weight excluding hydrogens is 259 g/mol. The fraction of sp³-hybridized carbons (Fsp3) is 0.400. The van der Waals surface area contributed by atoms with Crippen molar-refractivity contribution in [2.24, 2.45) is 0 Å². The summed E-state index contributed by atoms with van der Waals surface area (Å²) in [5, 5.41) is 0. The van der Waals surface area contributed by atoms with Gasteiger partial charge in [0.15, 0.2) is 0 Å². The van der Waals surface area contributed by atoms with Gasteiger partial charge in [-0.25, -0.2) is 4.39 Å². The summed E-state index contributed by atoms with van der Waals surface area (Å²) in [7, 11) is 0. The molecule has 0 radical (unpaired) electrons. The first-order chi connectivity index (χ1) is 10.3. The molecule has 0 spiro atoms. The third-order valence-electron chi connectivity index (χ3n) is 3.97. The van der Waals surface area contributed by atoms with E-state index in [1.54, 1.807) is 0 Å². The van der Waals surface area contributed by atoms with Gasteiger partial charge >= 0.3 is 0 Å². The topological polar surface area (TPSA) is 0 Å². The predicted octanol–water partition coefficient (Wildman–Crippen LogP) is 6.18. The maximum Gasteiger partial charge on any atom is 0.134 e. The summed E-state index contributed by atoms with van der Waals surface area (Å²) in [4.78, 5) is 0. The highest BCUT2D eigenvalue weighted by Gasteiger charge is 2.13. The van der Waals surface area contributed by atoms with Crippen molar-refractivity contribution < 1.29 is 4.39 Å². The van der Waals surface area contributed by atoms with E-state index in [1.165, 1.54) is 18.4 Å². The number of aryl methyl sites for hydroxylation is 1. The maximum absolute atomic E-state index is 14.9. The molecule has 0 saturated heterocycles. The normalized spacial score (nSPS) is 10.8. The van der Waals surface area contributed by atoms with Gasteiger partial charge < -0.3 is 0 Å². The van der Waals surface area contributed by atoms with Crippen molar-refractivity contribution in [3.63, 3.8) is 0 Å². The van der Waals surface area contributed by atoms with Crippen molar-refractivity contribution in [3.05, 3.63) is 59.4 Å². The van der Waals surface area contributed by atoms with Crippen LogP contribution in [0.5, 0.6) is 0 Å². The van der Waals surface area contributed by atoms with Gasteiger partial charge in [0.05, 0.1) is 0 Å². The van der Waals surface area contributed by atoms with E-state index in [0.29, 0.717) is 0 Å². The summed E-state index contributed by atoms with van der Waals surface area (Å²) in [5.41, 5.74) is 3.82. The van der Waals surface area contributed by atoms with Gasteiger partial charge in [0.1, 0.15) is 5.82 Å². The molecule has 0 unspecified atom stereocenters. The molecule has 2 rings (SSSR count). The average molecular weight is 284 g/mol. The van der Waals surface area contributed by atoms with E-state index >= 15 is 0 Å². The first kappa shape index (κ1) is 15.8. The molecule has 0 aliphatic carbocycles. The van der Waals surface area contributed by atoms with Crippen LogP contribution in [0.15, 0.2) is 42.5 Å². The van der Waals surface area contributed by atoms with Gasteiger partial charge in [-0.1, -0.05) is 75.6 Å². The van der Waals surface area contributed by atoms with Gasteiger partial charge in [0.2, 0.25) is 0 Å². The van der Waals surface area contributed by atoms with E-state index in [9.17, 15) is 4.39 Å². The second-order valence-electron chi connectivity index (χ2n) is 5.64. The van der Waals surface area contributed by atoms with Gasteiger partial charge in [-0.15, -0.1) is 0 Å². The molecule has 0 amide bonds. The van der Waals surface area contributed by atoms with Crippen LogP contribution in [0.2, 0.25) is 0 Å². The largest absolute Gasteiger partial charge is 0.206 e. The Morgan fingerprint density at radius 2 is 1.57 bits per heavy atom. The summed E-state index contributed by atoms with van der Waals surface area (Å²) in [6, 6.07) is 13.9. The van der Waals surface area contributed by atoms with Crippen LogP contribution in [0.3, 0.4) is 0 Å². The summed E-state index contributed by atoms with van der Waals surface area (Å²) in [5.74, 6) is -0.0166. The lowest BCUT2D eigenvalue weighted by atomic mass is 9.93. The maximum atomic E-state index is 14.9. The minimum atomic E-state index is -0.0166. The van der Waals surface area contributed by atoms with Crippen LogP contribution >= 0.6 is 0 Å². The number of unbranched alkanes of at least 4 members (excludes halogenated alkanes) is 2. The zero-order valence-electron chi connectivity index (χ0n) is 13.2. The highest BCUT2D eigenvalue weighted by Crippen LogP contribution is 2.28. The molecule has 0 bridgehead atoms. The molecule has 0 aliphatic heterocycles. The molecule has 0 aliphatic rings. The molecule has 21 heavy (non-hydrogen) atoms. The molecular formula is C20H25F. The van der Waals surface area contributed by atoms with E-state index in [2.05, 4.69) is 19.9 Å². The van der Waals surface area contributed by atoms with Crippen LogP contribution in [0.1, 0.15) is 50.7 Å². The van der Waals surface area contributed by atoms with Crippen molar-refractivity contribution in [1.29, 1.82) is 0 Å². The van der Waals surface area contributed by atoms with E-state index in [4.69, 9.17) is 0 Å². The lowest BCUT2D eigenvalue weighted by Gasteiger charge is -2.14. The van der Waals surface area contributed by atoms with Crippen LogP contribution in [0.25, 0.3) is 11.1 Å². The summed E-state index contributed by atoms with van der Waals surface area (Å²) < 4.78 is 14.9. The van der Waals surface area contributed by atoms with Crippen LogP contribution in [-0.2, 0) is 12.8 Å². The van der Waals surface area contributed by atoms with E-state index in [1.807, 2.05) is 36.4 Å². The third kappa shape index (κ3) is 3.93. The Hall–Kier alpha value is -1.63. The number of benzene rings is 2. The van der Waals surface area contributed by atoms with Crippen LogP contribution < -0.4 is 0 Å². The van der Waals surface area contributed by atoms with E-state index in [0.717, 1.165) is 42.4 Å². The fourth-order valence-electron chi connectivity index (χ4n) is 2.82. The highest BCUT2D eigenvalue weighted by molar-refractivity contribution is 5.65. The Balaban J connectivity index is 2.35. The van der Waals surface area contributed by atoms with E-state index in [-0.39, 0.29) is 5.82 Å². The summed E-state index contributed by atoms with van der Waals surface area (Å²) in [6.07, 6.45) is 6.37. The predicted molar refractivity (Wildman–Crippen MR) is 89.1 cm³/mol. The van der Waals surface area contributed by atoms with Crippen molar-refractivity contribution >= 4 is 0 Å². The molecule has 112 valence electrons. The Morgan fingerprint density at radius 1 is 0.810 bits per heavy atom. The van der Waals surface area contributed by atoms with Crippen molar-refractivity contribution in [3.8, 4) is 11.1 Å². The average Bonchev–Trinajstić information content (AvgIpc) is 2.52. The van der Waals surface area contributed by atoms with Crippen LogP contribution in [0, 0.1) is 5.82 Å². The molecule has 0 heterocycles. The number of hydrogen-bond donors (Lipinski definition) is 0. The smallest absolute Gasteiger partial charge is 0.134 e. The molecule has 0 nitrogen and oxygen atoms in total. The van der Waals surface area contributed by atoms with Gasteiger partial charge in [-0.2, -0.15) is 0 Å². The molecule has 0 aromatic heterocycles. The minimum Gasteiger partial charge on any atom is -0.206 e. The number of halogens is 1. The monoisotopic (exact) mass is 284 g/mol. The Labute approximate surface area is 128 Å². The zero-order valence-corrected chi connectivity index (χ0v) is 13.2. The van der Waals surface area contributed by atoms with Gasteiger partial charge in [-0.05, 0) is 36.0 Å². The zero-order chi connectivity index (χ0) is 15.1. The minimum absolute atomic E-state index is 0.0166.